The lowest BCUT2D eigenvalue weighted by molar-refractivity contribution is -0.132. The van der Waals surface area contributed by atoms with Gasteiger partial charge in [-0.05, 0) is 59.7 Å². The second kappa shape index (κ2) is 11.8. The molecular formula is C29H21F2N3O4S2. The Kier molecular flexibility index (Phi) is 8.04. The van der Waals surface area contributed by atoms with Crippen molar-refractivity contribution in [2.45, 2.75) is 16.1 Å². The molecule has 4 aromatic rings. The molecule has 1 unspecified atom stereocenters. The maximum atomic E-state index is 13.5. The predicted octanol–water partition coefficient (Wildman–Crippen LogP) is 6.30. The van der Waals surface area contributed by atoms with Crippen molar-refractivity contribution in [2.24, 2.45) is 0 Å². The summed E-state index contributed by atoms with van der Waals surface area (Å²) in [6, 6.07) is 16.8. The van der Waals surface area contributed by atoms with Crippen LogP contribution in [0.4, 0.5) is 13.9 Å². The molecule has 0 saturated carbocycles. The van der Waals surface area contributed by atoms with Gasteiger partial charge in [-0.3, -0.25) is 14.5 Å². The maximum Gasteiger partial charge on any atom is 0.301 e. The molecule has 11 heteroatoms. The number of aromatic nitrogens is 2. The zero-order chi connectivity index (χ0) is 28.2. The predicted molar refractivity (Wildman–Crippen MR) is 149 cm³/mol. The van der Waals surface area contributed by atoms with Gasteiger partial charge in [-0.25, -0.2) is 8.78 Å². The summed E-state index contributed by atoms with van der Waals surface area (Å²) in [6.45, 7) is 3.92. The van der Waals surface area contributed by atoms with Crippen LogP contribution in [0, 0.1) is 11.6 Å². The summed E-state index contributed by atoms with van der Waals surface area (Å²) in [6.07, 6.45) is 1.60. The third-order valence-corrected chi connectivity index (χ3v) is 8.13. The van der Waals surface area contributed by atoms with E-state index in [0.717, 1.165) is 29.0 Å². The van der Waals surface area contributed by atoms with Crippen LogP contribution in [-0.2, 0) is 15.3 Å². The Morgan fingerprint density at radius 2 is 1.65 bits per heavy atom. The summed E-state index contributed by atoms with van der Waals surface area (Å²) in [5.41, 5.74) is 1.42. The van der Waals surface area contributed by atoms with Gasteiger partial charge < -0.3 is 9.84 Å². The number of halogens is 2. The summed E-state index contributed by atoms with van der Waals surface area (Å²) >= 11 is 2.46. The monoisotopic (exact) mass is 577 g/mol. The Bertz CT molecular complexity index is 1590. The molecule has 1 aromatic heterocycles. The van der Waals surface area contributed by atoms with Crippen molar-refractivity contribution in [3.63, 3.8) is 0 Å². The molecule has 1 saturated heterocycles. The summed E-state index contributed by atoms with van der Waals surface area (Å²) < 4.78 is 32.8. The highest BCUT2D eigenvalue weighted by molar-refractivity contribution is 8.00. The van der Waals surface area contributed by atoms with E-state index in [9.17, 15) is 23.5 Å². The first-order valence-corrected chi connectivity index (χ1v) is 13.8. The number of ketones is 1. The number of Topliss-reactive ketones (excluding diaryl/α,β-unsaturated/α-hetero) is 1. The van der Waals surface area contributed by atoms with Crippen LogP contribution in [0.25, 0.3) is 5.76 Å². The van der Waals surface area contributed by atoms with Crippen molar-refractivity contribution in [1.29, 1.82) is 0 Å². The topological polar surface area (TPSA) is 92.6 Å². The van der Waals surface area contributed by atoms with Crippen LogP contribution in [0.3, 0.4) is 0 Å². The SMILES string of the molecule is C=CCOc1ccc(C2/C(=C(/O)c3ccc(F)cc3)C(=O)C(=O)N2c2nnc(SCc3ccc(F)cc3)s2)cc1. The number of carbonyl (C=O) groups excluding carboxylic acids is 2. The minimum atomic E-state index is -1.03. The zero-order valence-corrected chi connectivity index (χ0v) is 22.4. The fourth-order valence-corrected chi connectivity index (χ4v) is 5.92. The fourth-order valence-electron chi connectivity index (χ4n) is 4.09. The first-order valence-electron chi connectivity index (χ1n) is 12.0. The van der Waals surface area contributed by atoms with Gasteiger partial charge >= 0.3 is 5.91 Å². The summed E-state index contributed by atoms with van der Waals surface area (Å²) in [5.74, 6) is -2.02. The second-order valence-electron chi connectivity index (χ2n) is 8.61. The van der Waals surface area contributed by atoms with Gasteiger partial charge in [-0.15, -0.1) is 10.2 Å². The Hall–Kier alpha value is -4.35. The molecule has 1 aliphatic heterocycles. The van der Waals surface area contributed by atoms with Crippen LogP contribution in [0.15, 0.2) is 95.4 Å². The normalized spacial score (nSPS) is 16.4. The number of aliphatic hydroxyl groups excluding tert-OH is 1. The van der Waals surface area contributed by atoms with Gasteiger partial charge in [0, 0.05) is 11.3 Å². The van der Waals surface area contributed by atoms with E-state index in [1.54, 1.807) is 42.5 Å². The van der Waals surface area contributed by atoms with Crippen LogP contribution < -0.4 is 9.64 Å². The number of rotatable bonds is 9. The largest absolute Gasteiger partial charge is 0.507 e. The number of amides is 1. The number of carbonyl (C=O) groups is 2. The van der Waals surface area contributed by atoms with Crippen LogP contribution in [0.1, 0.15) is 22.7 Å². The Labute approximate surface area is 236 Å². The van der Waals surface area contributed by atoms with E-state index in [0.29, 0.717) is 28.0 Å². The van der Waals surface area contributed by atoms with E-state index in [-0.39, 0.29) is 22.1 Å². The average molecular weight is 578 g/mol. The molecule has 0 aliphatic carbocycles. The average Bonchev–Trinajstić information content (AvgIpc) is 3.54. The molecule has 7 nitrogen and oxygen atoms in total. The Balaban J connectivity index is 1.52. The summed E-state index contributed by atoms with van der Waals surface area (Å²) in [7, 11) is 0. The fraction of sp³-hybridized carbons (Fsp3) is 0.103. The Morgan fingerprint density at radius 1 is 1.00 bits per heavy atom. The summed E-state index contributed by atoms with van der Waals surface area (Å²) in [4.78, 5) is 27.9. The van der Waals surface area contributed by atoms with Gasteiger partial charge in [0.05, 0.1) is 11.6 Å². The third kappa shape index (κ3) is 5.65. The molecule has 5 rings (SSSR count). The van der Waals surface area contributed by atoms with Crippen molar-refractivity contribution in [2.75, 3.05) is 11.5 Å². The molecule has 0 spiro atoms. The van der Waals surface area contributed by atoms with Crippen molar-refractivity contribution in [1.82, 2.24) is 10.2 Å². The first-order chi connectivity index (χ1) is 19.4. The van der Waals surface area contributed by atoms with Crippen molar-refractivity contribution >= 4 is 45.7 Å². The molecule has 40 heavy (non-hydrogen) atoms. The quantitative estimate of drug-likeness (QED) is 0.0623. The van der Waals surface area contributed by atoms with Gasteiger partial charge in [-0.2, -0.15) is 0 Å². The smallest absolute Gasteiger partial charge is 0.301 e. The number of anilines is 1. The zero-order valence-electron chi connectivity index (χ0n) is 20.8. The van der Waals surface area contributed by atoms with Gasteiger partial charge in [0.15, 0.2) is 4.34 Å². The molecule has 1 amide bonds. The van der Waals surface area contributed by atoms with Crippen molar-refractivity contribution in [3.8, 4) is 5.75 Å². The van der Waals surface area contributed by atoms with Crippen molar-refractivity contribution < 1.29 is 28.2 Å². The molecule has 1 N–H and O–H groups in total. The number of hydrogen-bond acceptors (Lipinski definition) is 8. The number of benzene rings is 3. The number of hydrogen-bond donors (Lipinski definition) is 1. The molecule has 0 radical (unpaired) electrons. The molecule has 3 aromatic carbocycles. The molecular weight excluding hydrogens is 556 g/mol. The second-order valence-corrected chi connectivity index (χ2v) is 10.8. The number of nitrogens with zero attached hydrogens (tertiary/aromatic N) is 3. The van der Waals surface area contributed by atoms with Crippen LogP contribution in [0.5, 0.6) is 5.75 Å². The van der Waals surface area contributed by atoms with Gasteiger partial charge in [-0.1, -0.05) is 60.0 Å². The van der Waals surface area contributed by atoms with Gasteiger partial charge in [0.2, 0.25) is 5.13 Å². The number of thioether (sulfide) groups is 1. The molecule has 1 atom stereocenters. The molecule has 202 valence electrons. The van der Waals surface area contributed by atoms with Crippen LogP contribution in [0.2, 0.25) is 0 Å². The summed E-state index contributed by atoms with van der Waals surface area (Å²) in [5, 5.41) is 19.7. The van der Waals surface area contributed by atoms with Gasteiger partial charge in [0.25, 0.3) is 5.78 Å². The highest BCUT2D eigenvalue weighted by Gasteiger charge is 2.48. The lowest BCUT2D eigenvalue weighted by Crippen LogP contribution is -2.29. The van der Waals surface area contributed by atoms with E-state index in [1.165, 1.54) is 40.9 Å². The first kappa shape index (κ1) is 27.2. The highest BCUT2D eigenvalue weighted by Crippen LogP contribution is 2.44. The Morgan fingerprint density at radius 3 is 2.30 bits per heavy atom. The molecule has 1 fully saturated rings. The van der Waals surface area contributed by atoms with E-state index in [4.69, 9.17) is 4.74 Å². The molecule has 0 bridgehead atoms. The van der Waals surface area contributed by atoms with Gasteiger partial charge in [0.1, 0.15) is 29.8 Å². The number of ether oxygens (including phenoxy) is 1. The highest BCUT2D eigenvalue weighted by atomic mass is 32.2. The minimum absolute atomic E-state index is 0.160. The minimum Gasteiger partial charge on any atom is -0.507 e. The molecule has 1 aliphatic rings. The molecule has 2 heterocycles. The van der Waals surface area contributed by atoms with E-state index < -0.39 is 29.3 Å². The van der Waals surface area contributed by atoms with E-state index >= 15 is 0 Å². The van der Waals surface area contributed by atoms with E-state index in [2.05, 4.69) is 16.8 Å². The lowest BCUT2D eigenvalue weighted by Gasteiger charge is -2.22. The van der Waals surface area contributed by atoms with Crippen LogP contribution in [-0.4, -0.2) is 33.6 Å². The standard InChI is InChI=1S/C29H21F2N3O4S2/c1-2-15-38-22-13-7-18(8-14-22)24-23(25(35)19-5-11-21(31)12-6-19)26(36)27(37)34(24)28-32-33-29(40-28)39-16-17-3-9-20(30)10-4-17/h2-14,24,35H,1,15-16H2/b25-23-. The lowest BCUT2D eigenvalue weighted by atomic mass is 9.95. The number of aliphatic hydroxyl groups is 1. The maximum absolute atomic E-state index is 13.5. The van der Waals surface area contributed by atoms with E-state index in [1.807, 2.05) is 0 Å². The van der Waals surface area contributed by atoms with Crippen LogP contribution >= 0.6 is 23.1 Å². The van der Waals surface area contributed by atoms with Crippen molar-refractivity contribution in [3.05, 3.63) is 119 Å². The third-order valence-electron chi connectivity index (χ3n) is 6.00.